The molecule has 0 bridgehead atoms. The number of hydrogen-bond donors (Lipinski definition) is 2. The maximum absolute atomic E-state index is 12.3. The Morgan fingerprint density at radius 1 is 1.05 bits per heavy atom. The third-order valence-electron chi connectivity index (χ3n) is 8.43. The van der Waals surface area contributed by atoms with E-state index in [-0.39, 0.29) is 17.6 Å². The number of piperidine rings is 2. The van der Waals surface area contributed by atoms with Gasteiger partial charge in [0.2, 0.25) is 21.9 Å². The van der Waals surface area contributed by atoms with Crippen LogP contribution < -0.4 is 14.5 Å². The van der Waals surface area contributed by atoms with E-state index in [1.165, 1.54) is 12.8 Å². The second-order valence-corrected chi connectivity index (χ2v) is 13.2. The summed E-state index contributed by atoms with van der Waals surface area (Å²) in [5, 5.41) is 27.0. The van der Waals surface area contributed by atoms with Crippen LogP contribution in [0.5, 0.6) is 0 Å². The van der Waals surface area contributed by atoms with Crippen LogP contribution >= 0.6 is 0 Å². The van der Waals surface area contributed by atoms with Gasteiger partial charge < -0.3 is 19.3 Å². The molecule has 2 saturated heterocycles. The maximum Gasteiger partial charge on any atom is 0.266 e. The van der Waals surface area contributed by atoms with Crippen LogP contribution in [-0.4, -0.2) is 72.2 Å². The van der Waals surface area contributed by atoms with Crippen LogP contribution in [0.4, 0.5) is 17.3 Å². The smallest absolute Gasteiger partial charge is 0.266 e. The maximum atomic E-state index is 12.3. The van der Waals surface area contributed by atoms with E-state index < -0.39 is 16.6 Å². The van der Waals surface area contributed by atoms with Crippen LogP contribution in [0.3, 0.4) is 0 Å². The van der Waals surface area contributed by atoms with E-state index in [2.05, 4.69) is 35.8 Å². The molecule has 2 aliphatic heterocycles. The Bertz CT molecular complexity index is 1560. The van der Waals surface area contributed by atoms with Gasteiger partial charge in [0.15, 0.2) is 0 Å². The number of aryl methyl sites for hydroxylation is 1. The van der Waals surface area contributed by atoms with Gasteiger partial charge in [0.05, 0.1) is 35.4 Å². The lowest BCUT2D eigenvalue weighted by Gasteiger charge is -2.35. The van der Waals surface area contributed by atoms with Gasteiger partial charge in [0.25, 0.3) is 5.89 Å². The molecule has 6 rings (SSSR count). The van der Waals surface area contributed by atoms with Crippen LogP contribution in [-0.2, 0) is 10.0 Å². The van der Waals surface area contributed by atoms with E-state index in [9.17, 15) is 13.7 Å². The average Bonchev–Trinajstić information content (AvgIpc) is 3.53. The zero-order valence-corrected chi connectivity index (χ0v) is 23.9. The van der Waals surface area contributed by atoms with Gasteiger partial charge in [-0.25, -0.2) is 18.4 Å². The third-order valence-corrected chi connectivity index (χ3v) is 9.70. The quantitative estimate of drug-likeness (QED) is 0.403. The van der Waals surface area contributed by atoms with Crippen molar-refractivity contribution >= 4 is 27.3 Å². The van der Waals surface area contributed by atoms with Crippen molar-refractivity contribution in [3.8, 4) is 29.1 Å². The van der Waals surface area contributed by atoms with E-state index >= 15 is 0 Å². The minimum absolute atomic E-state index is 0.0642. The number of rotatable bonds is 8. The molecule has 1 saturated carbocycles. The second kappa shape index (κ2) is 10.9. The van der Waals surface area contributed by atoms with Gasteiger partial charge in [-0.2, -0.15) is 5.26 Å². The molecular formula is C28H34N8O4S. The Balaban J connectivity index is 1.30. The molecule has 12 nitrogen and oxygen atoms in total. The molecule has 4 heterocycles. The molecule has 3 aliphatic rings. The highest BCUT2D eigenvalue weighted by molar-refractivity contribution is 7.92. The van der Waals surface area contributed by atoms with Gasteiger partial charge in [-0.05, 0) is 75.1 Å². The van der Waals surface area contributed by atoms with Crippen LogP contribution in [0, 0.1) is 29.6 Å². The fraction of sp³-hybridized carbons (Fsp3) is 0.536. The van der Waals surface area contributed by atoms with E-state index in [1.54, 1.807) is 18.2 Å². The highest BCUT2D eigenvalue weighted by Gasteiger charge is 2.44. The molecule has 2 aromatic heterocycles. The molecule has 0 radical (unpaired) electrons. The SMILES string of the molecule is Cc1cc(-c2nnc(-c3ccc(NS(=O)(=O)CCO)cc3N3CCC4(CC3)CC4)o2)nc(N2CCC(C#N)CC2)n1. The van der Waals surface area contributed by atoms with Gasteiger partial charge in [-0.3, -0.25) is 4.72 Å². The zero-order chi connectivity index (χ0) is 28.6. The van der Waals surface area contributed by atoms with Crippen molar-refractivity contribution in [2.24, 2.45) is 11.3 Å². The molecular weight excluding hydrogens is 544 g/mol. The summed E-state index contributed by atoms with van der Waals surface area (Å²) in [6, 6.07) is 9.42. The molecule has 216 valence electrons. The van der Waals surface area contributed by atoms with Crippen molar-refractivity contribution in [1.82, 2.24) is 20.2 Å². The lowest BCUT2D eigenvalue weighted by molar-refractivity contribution is 0.320. The molecule has 41 heavy (non-hydrogen) atoms. The average molecular weight is 579 g/mol. The van der Waals surface area contributed by atoms with Gasteiger partial charge in [-0.15, -0.1) is 10.2 Å². The molecule has 13 heteroatoms. The minimum Gasteiger partial charge on any atom is -0.415 e. The predicted molar refractivity (Wildman–Crippen MR) is 154 cm³/mol. The topological polar surface area (TPSA) is 161 Å². The summed E-state index contributed by atoms with van der Waals surface area (Å²) >= 11 is 0. The first kappa shape index (κ1) is 27.4. The van der Waals surface area contributed by atoms with Crippen molar-refractivity contribution in [1.29, 1.82) is 5.26 Å². The summed E-state index contributed by atoms with van der Waals surface area (Å²) in [5.41, 5.74) is 3.72. The number of hydrogen-bond acceptors (Lipinski definition) is 11. The molecule has 3 fully saturated rings. The Hall–Kier alpha value is -3.76. The number of benzene rings is 1. The molecule has 1 spiro atoms. The zero-order valence-electron chi connectivity index (χ0n) is 23.1. The number of aliphatic hydroxyl groups is 1. The Labute approximate surface area is 239 Å². The first-order valence-corrected chi connectivity index (χ1v) is 15.8. The van der Waals surface area contributed by atoms with Crippen molar-refractivity contribution in [2.75, 3.05) is 53.1 Å². The molecule has 1 aromatic carbocycles. The minimum atomic E-state index is -3.68. The lowest BCUT2D eigenvalue weighted by atomic mass is 9.93. The molecule has 0 amide bonds. The number of aromatic nitrogens is 4. The van der Waals surface area contributed by atoms with E-state index in [4.69, 9.17) is 14.5 Å². The lowest BCUT2D eigenvalue weighted by Crippen LogP contribution is -2.34. The third kappa shape index (κ3) is 5.99. The normalized spacial score (nSPS) is 18.9. The second-order valence-electron chi connectivity index (χ2n) is 11.4. The van der Waals surface area contributed by atoms with Gasteiger partial charge in [0, 0.05) is 37.8 Å². The highest BCUT2D eigenvalue weighted by atomic mass is 32.2. The molecule has 1 aliphatic carbocycles. The Morgan fingerprint density at radius 3 is 2.46 bits per heavy atom. The molecule has 2 N–H and O–H groups in total. The fourth-order valence-corrected chi connectivity index (χ4v) is 6.56. The predicted octanol–water partition coefficient (Wildman–Crippen LogP) is 3.36. The number of nitrogens with one attached hydrogen (secondary N) is 1. The highest BCUT2D eigenvalue weighted by Crippen LogP contribution is 2.54. The molecule has 3 aromatic rings. The van der Waals surface area contributed by atoms with Crippen LogP contribution in [0.15, 0.2) is 28.7 Å². The first-order valence-electron chi connectivity index (χ1n) is 14.1. The fourth-order valence-electron chi connectivity index (χ4n) is 5.74. The number of nitriles is 1. The van der Waals surface area contributed by atoms with Crippen molar-refractivity contribution < 1.29 is 17.9 Å². The van der Waals surface area contributed by atoms with Gasteiger partial charge in [0.1, 0.15) is 5.69 Å². The van der Waals surface area contributed by atoms with Crippen LogP contribution in [0.25, 0.3) is 23.0 Å². The van der Waals surface area contributed by atoms with E-state index in [1.807, 2.05) is 13.0 Å². The Kier molecular flexibility index (Phi) is 7.29. The summed E-state index contributed by atoms with van der Waals surface area (Å²) in [4.78, 5) is 13.7. The van der Waals surface area contributed by atoms with E-state index in [0.717, 1.165) is 50.2 Å². The first-order chi connectivity index (χ1) is 19.8. The van der Waals surface area contributed by atoms with E-state index in [0.29, 0.717) is 47.3 Å². The monoisotopic (exact) mass is 578 g/mol. The number of anilines is 3. The molecule has 0 unspecified atom stereocenters. The Morgan fingerprint density at radius 2 is 1.78 bits per heavy atom. The summed E-state index contributed by atoms with van der Waals surface area (Å²) in [6.45, 7) is 4.58. The van der Waals surface area contributed by atoms with Crippen LogP contribution in [0.1, 0.15) is 44.2 Å². The summed E-state index contributed by atoms with van der Waals surface area (Å²) in [5.74, 6) is 0.861. The van der Waals surface area contributed by atoms with Crippen LogP contribution in [0.2, 0.25) is 0 Å². The number of sulfonamides is 1. The van der Waals surface area contributed by atoms with Crippen molar-refractivity contribution in [2.45, 2.75) is 45.4 Å². The van der Waals surface area contributed by atoms with Crippen molar-refractivity contribution in [3.05, 3.63) is 30.0 Å². The molecule has 0 atom stereocenters. The number of nitrogens with zero attached hydrogens (tertiary/aromatic N) is 7. The standard InChI is InChI=1S/C28H34N8O4S/c1-19-16-23(31-27(30-19)36-10-4-20(18-29)5-11-36)26-33-32-25(40-26)22-3-2-21(34-41(38,39)15-14-37)17-24(22)35-12-8-28(6-7-28)9-13-35/h2-3,16-17,20,34,37H,4-15H2,1H3. The largest absolute Gasteiger partial charge is 0.415 e. The van der Waals surface area contributed by atoms with Gasteiger partial charge >= 0.3 is 0 Å². The summed E-state index contributed by atoms with van der Waals surface area (Å²) in [6.07, 6.45) is 6.30. The van der Waals surface area contributed by atoms with Crippen molar-refractivity contribution in [3.63, 3.8) is 0 Å². The summed E-state index contributed by atoms with van der Waals surface area (Å²) < 4.78 is 33.4. The number of aliphatic hydroxyl groups excluding tert-OH is 1. The summed E-state index contributed by atoms with van der Waals surface area (Å²) in [7, 11) is -3.68. The van der Waals surface area contributed by atoms with Gasteiger partial charge in [-0.1, -0.05) is 0 Å².